The van der Waals surface area contributed by atoms with E-state index in [-0.39, 0.29) is 35.2 Å². The second-order valence-corrected chi connectivity index (χ2v) is 11.0. The van der Waals surface area contributed by atoms with E-state index >= 15 is 0 Å². The molecule has 0 atom stereocenters. The molecule has 0 spiro atoms. The van der Waals surface area contributed by atoms with Crippen molar-refractivity contribution < 1.29 is 31.4 Å². The van der Waals surface area contributed by atoms with Gasteiger partial charge < -0.3 is 9.47 Å². The molecular weight excluding hydrogens is 499 g/mol. The third-order valence-corrected chi connectivity index (χ3v) is 8.56. The van der Waals surface area contributed by atoms with E-state index in [0.717, 1.165) is 49.7 Å². The summed E-state index contributed by atoms with van der Waals surface area (Å²) in [6.07, 6.45) is 8.40. The molecule has 2 saturated carbocycles. The summed E-state index contributed by atoms with van der Waals surface area (Å²) in [5.74, 6) is 0.370. The van der Waals surface area contributed by atoms with Gasteiger partial charge in [-0.15, -0.1) is 13.2 Å². The fourth-order valence-electron chi connectivity index (χ4n) is 6.49. The predicted molar refractivity (Wildman–Crippen MR) is 137 cm³/mol. The van der Waals surface area contributed by atoms with Crippen LogP contribution in [0.2, 0.25) is 0 Å². The molecule has 2 aromatic carbocycles. The molecule has 0 unspecified atom stereocenters. The van der Waals surface area contributed by atoms with Gasteiger partial charge in [0.05, 0.1) is 0 Å². The Balaban J connectivity index is 1.46. The van der Waals surface area contributed by atoms with Crippen molar-refractivity contribution in [2.24, 2.45) is 17.8 Å². The summed E-state index contributed by atoms with van der Waals surface area (Å²) in [6, 6.07) is 7.57. The molecule has 0 N–H and O–H groups in total. The van der Waals surface area contributed by atoms with Crippen molar-refractivity contribution in [1.29, 1.82) is 0 Å². The predicted octanol–water partition coefficient (Wildman–Crippen LogP) is 10.3. The highest BCUT2D eigenvalue weighted by Gasteiger charge is 2.34. The number of rotatable bonds is 9. The van der Waals surface area contributed by atoms with Gasteiger partial charge in [0, 0.05) is 17.2 Å². The maximum atomic E-state index is 14.7. The Hall–Kier alpha value is -2.31. The topological polar surface area (TPSA) is 18.5 Å². The van der Waals surface area contributed by atoms with Crippen LogP contribution in [0.3, 0.4) is 0 Å². The van der Waals surface area contributed by atoms with Gasteiger partial charge in [-0.2, -0.15) is 0 Å². The Morgan fingerprint density at radius 3 is 1.97 bits per heavy atom. The molecule has 7 heteroatoms. The van der Waals surface area contributed by atoms with Crippen LogP contribution in [0, 0.1) is 35.5 Å². The van der Waals surface area contributed by atoms with Gasteiger partial charge >= 0.3 is 6.36 Å². The zero-order chi connectivity index (χ0) is 27.3. The molecule has 0 heterocycles. The van der Waals surface area contributed by atoms with Crippen LogP contribution in [-0.2, 0) is 6.42 Å². The number of benzene rings is 2. The summed E-state index contributed by atoms with van der Waals surface area (Å²) >= 11 is 0. The normalized spacial score (nSPS) is 24.3. The first-order valence-corrected chi connectivity index (χ1v) is 14.1. The summed E-state index contributed by atoms with van der Waals surface area (Å²) in [4.78, 5) is 0. The number of halogens is 5. The molecule has 2 aliphatic rings. The number of alkyl halides is 3. The van der Waals surface area contributed by atoms with Gasteiger partial charge in [-0.25, -0.2) is 8.78 Å². The summed E-state index contributed by atoms with van der Waals surface area (Å²) in [7, 11) is 0. The van der Waals surface area contributed by atoms with E-state index in [0.29, 0.717) is 11.5 Å². The van der Waals surface area contributed by atoms with Crippen molar-refractivity contribution >= 4 is 0 Å². The maximum Gasteiger partial charge on any atom is 0.573 e. The molecule has 0 saturated heterocycles. The van der Waals surface area contributed by atoms with Crippen LogP contribution in [0.25, 0.3) is 0 Å². The molecule has 2 fully saturated rings. The third kappa shape index (κ3) is 7.20. The molecule has 0 aromatic heterocycles. The quantitative estimate of drug-likeness (QED) is 0.296. The monoisotopic (exact) mass is 537 g/mol. The van der Waals surface area contributed by atoms with Crippen molar-refractivity contribution in [3.63, 3.8) is 0 Å². The first-order chi connectivity index (χ1) is 18.2. The smallest absolute Gasteiger partial charge is 0.457 e. The van der Waals surface area contributed by atoms with Crippen LogP contribution < -0.4 is 9.47 Å². The SMILES string of the molecule is CCCC[C@H]1CC[C@H]([C@H]2CC[C@H](c3[c]c(F)c(F)c(CC)c3Oc3ccc(OC(F)(F)F)cc3)CC2)CC1. The van der Waals surface area contributed by atoms with Crippen molar-refractivity contribution in [2.75, 3.05) is 0 Å². The van der Waals surface area contributed by atoms with Gasteiger partial charge in [-0.3, -0.25) is 0 Å². The molecule has 0 bridgehead atoms. The van der Waals surface area contributed by atoms with E-state index in [4.69, 9.17) is 4.74 Å². The lowest BCUT2D eigenvalue weighted by Gasteiger charge is -2.38. The van der Waals surface area contributed by atoms with E-state index in [1.54, 1.807) is 6.92 Å². The largest absolute Gasteiger partial charge is 0.573 e. The molecule has 0 amide bonds. The second kappa shape index (κ2) is 12.7. The Morgan fingerprint density at radius 2 is 1.42 bits per heavy atom. The van der Waals surface area contributed by atoms with E-state index in [9.17, 15) is 22.0 Å². The van der Waals surface area contributed by atoms with Crippen LogP contribution in [0.4, 0.5) is 22.0 Å². The Labute approximate surface area is 222 Å². The van der Waals surface area contributed by atoms with Gasteiger partial charge in [0.15, 0.2) is 11.6 Å². The lowest BCUT2D eigenvalue weighted by Crippen LogP contribution is -2.25. The number of hydrogen-bond acceptors (Lipinski definition) is 2. The van der Waals surface area contributed by atoms with Crippen LogP contribution in [0.1, 0.15) is 102 Å². The van der Waals surface area contributed by atoms with Gasteiger partial charge in [-0.05, 0) is 92.9 Å². The fourth-order valence-corrected chi connectivity index (χ4v) is 6.49. The van der Waals surface area contributed by atoms with Crippen molar-refractivity contribution in [2.45, 2.75) is 103 Å². The highest BCUT2D eigenvalue weighted by Crippen LogP contribution is 2.47. The molecule has 4 rings (SSSR count). The molecular formula is C31H38F5O2. The van der Waals surface area contributed by atoms with E-state index in [2.05, 4.69) is 17.7 Å². The summed E-state index contributed by atoms with van der Waals surface area (Å²) in [6.45, 7) is 3.97. The van der Waals surface area contributed by atoms with Gasteiger partial charge in [0.1, 0.15) is 17.2 Å². The van der Waals surface area contributed by atoms with Gasteiger partial charge in [-0.1, -0.05) is 46.0 Å². The maximum absolute atomic E-state index is 14.7. The van der Waals surface area contributed by atoms with E-state index in [1.807, 2.05) is 0 Å². The average Bonchev–Trinajstić information content (AvgIpc) is 2.90. The minimum atomic E-state index is -4.80. The van der Waals surface area contributed by atoms with Gasteiger partial charge in [0.2, 0.25) is 0 Å². The van der Waals surface area contributed by atoms with E-state index in [1.165, 1.54) is 57.1 Å². The highest BCUT2D eigenvalue weighted by molar-refractivity contribution is 5.47. The molecule has 209 valence electrons. The summed E-state index contributed by atoms with van der Waals surface area (Å²) < 4.78 is 76.8. The number of ether oxygens (including phenoxy) is 2. The molecule has 38 heavy (non-hydrogen) atoms. The summed E-state index contributed by atoms with van der Waals surface area (Å²) in [5.41, 5.74) is 0.650. The van der Waals surface area contributed by atoms with Crippen molar-refractivity contribution in [3.05, 3.63) is 53.1 Å². The third-order valence-electron chi connectivity index (χ3n) is 8.56. The minimum Gasteiger partial charge on any atom is -0.457 e. The number of unbranched alkanes of at least 4 members (excludes halogenated alkanes) is 1. The van der Waals surface area contributed by atoms with Gasteiger partial charge in [0.25, 0.3) is 0 Å². The second-order valence-electron chi connectivity index (χ2n) is 11.0. The zero-order valence-corrected chi connectivity index (χ0v) is 22.3. The van der Waals surface area contributed by atoms with Crippen molar-refractivity contribution in [1.82, 2.24) is 0 Å². The first kappa shape index (κ1) is 28.7. The minimum absolute atomic E-state index is 0.00428. The lowest BCUT2D eigenvalue weighted by molar-refractivity contribution is -0.274. The Bertz CT molecular complexity index is 1030. The average molecular weight is 538 g/mol. The fraction of sp³-hybridized carbons (Fsp3) is 0.613. The molecule has 2 nitrogen and oxygen atoms in total. The molecule has 2 aromatic rings. The van der Waals surface area contributed by atoms with Crippen molar-refractivity contribution in [3.8, 4) is 17.2 Å². The van der Waals surface area contributed by atoms with Crippen LogP contribution in [-0.4, -0.2) is 6.36 Å². The molecule has 0 aliphatic heterocycles. The molecule has 2 aliphatic carbocycles. The first-order valence-electron chi connectivity index (χ1n) is 14.1. The summed E-state index contributed by atoms with van der Waals surface area (Å²) in [5, 5.41) is 0. The van der Waals surface area contributed by atoms with Crippen LogP contribution in [0.5, 0.6) is 17.2 Å². The zero-order valence-electron chi connectivity index (χ0n) is 22.3. The van der Waals surface area contributed by atoms with E-state index < -0.39 is 18.0 Å². The number of hydrogen-bond donors (Lipinski definition) is 0. The highest BCUT2D eigenvalue weighted by atomic mass is 19.4. The Morgan fingerprint density at radius 1 is 0.842 bits per heavy atom. The molecule has 1 radical (unpaired) electrons. The lowest BCUT2D eigenvalue weighted by atomic mass is 9.67. The standard InChI is InChI=1S/C31H38F5O2/c1-3-5-6-20-7-9-21(10-8-20)22-11-13-23(14-12-22)27-19-28(32)29(33)26(4-2)30(27)37-24-15-17-25(18-16-24)38-31(34,35)36/h15-18,20-23H,3-14H2,1-2H3/t20-,21-,22-,23-. The van der Waals surface area contributed by atoms with Crippen LogP contribution in [0.15, 0.2) is 24.3 Å². The van der Waals surface area contributed by atoms with Crippen LogP contribution >= 0.6 is 0 Å². The Kier molecular flexibility index (Phi) is 9.59.